The van der Waals surface area contributed by atoms with Crippen molar-refractivity contribution in [2.24, 2.45) is 5.84 Å². The normalized spacial score (nSPS) is 12.1. The van der Waals surface area contributed by atoms with Crippen LogP contribution in [0.2, 0.25) is 0 Å². The molecule has 0 spiro atoms. The van der Waals surface area contributed by atoms with E-state index in [1.807, 2.05) is 5.43 Å². The lowest BCUT2D eigenvalue weighted by Crippen LogP contribution is -2.15. The molecule has 0 bridgehead atoms. The Balaban J connectivity index is 2.26. The highest BCUT2D eigenvalue weighted by Gasteiger charge is 2.14. The number of nitrogens with two attached hydrogens (primary N) is 1. The van der Waals surface area contributed by atoms with Crippen LogP contribution in [0.25, 0.3) is 0 Å². The Kier molecular flexibility index (Phi) is 4.32. The van der Waals surface area contributed by atoms with Crippen molar-refractivity contribution in [1.29, 1.82) is 0 Å². The summed E-state index contributed by atoms with van der Waals surface area (Å²) in [6.07, 6.45) is 0. The highest BCUT2D eigenvalue weighted by Crippen LogP contribution is 2.24. The molecule has 0 saturated carbocycles. The summed E-state index contributed by atoms with van der Waals surface area (Å²) in [6, 6.07) is 4.96. The van der Waals surface area contributed by atoms with Crippen LogP contribution in [0.3, 0.4) is 0 Å². The average Bonchev–Trinajstić information content (AvgIpc) is 2.44. The van der Waals surface area contributed by atoms with Crippen LogP contribution in [0.1, 0.15) is 24.1 Å². The molecule has 0 radical (unpaired) electrons. The smallest absolute Gasteiger partial charge is 0.178 e. The molecule has 0 aliphatic heterocycles. The minimum Gasteiger partial charge on any atom is -0.361 e. The summed E-state index contributed by atoms with van der Waals surface area (Å²) in [4.78, 5) is 3.70. The summed E-state index contributed by atoms with van der Waals surface area (Å²) in [7, 11) is 0. The van der Waals surface area contributed by atoms with Gasteiger partial charge in [-0.25, -0.2) is 24.0 Å². The van der Waals surface area contributed by atoms with Gasteiger partial charge in [-0.3, -0.25) is 0 Å². The molecule has 0 aliphatic rings. The number of aryl methyl sites for hydroxylation is 1. The maximum Gasteiger partial charge on any atom is 0.178 e. The molecule has 0 amide bonds. The van der Waals surface area contributed by atoms with Gasteiger partial charge in [0.25, 0.3) is 0 Å². The number of rotatable bonds is 4. The molecule has 1 aromatic carbocycles. The van der Waals surface area contributed by atoms with Crippen LogP contribution in [0, 0.1) is 24.4 Å². The van der Waals surface area contributed by atoms with Crippen LogP contribution >= 0.6 is 0 Å². The maximum atomic E-state index is 13.7. The van der Waals surface area contributed by atoms with E-state index >= 15 is 0 Å². The van der Waals surface area contributed by atoms with Crippen molar-refractivity contribution < 1.29 is 13.2 Å². The van der Waals surface area contributed by atoms with Crippen LogP contribution in [-0.2, 0) is 0 Å². The molecule has 21 heavy (non-hydrogen) atoms. The molecular weight excluding hydrogens is 281 g/mol. The summed E-state index contributed by atoms with van der Waals surface area (Å²) in [5.41, 5.74) is 3.18. The molecule has 1 heterocycles. The molecule has 0 saturated heterocycles. The molecule has 4 N–H and O–H groups in total. The molecule has 0 fully saturated rings. The second-order valence-electron chi connectivity index (χ2n) is 4.67. The zero-order valence-corrected chi connectivity index (χ0v) is 11.5. The lowest BCUT2D eigenvalue weighted by atomic mass is 10.1. The van der Waals surface area contributed by atoms with Crippen LogP contribution in [-0.4, -0.2) is 4.98 Å². The zero-order chi connectivity index (χ0) is 15.6. The van der Waals surface area contributed by atoms with Gasteiger partial charge in [-0.1, -0.05) is 12.1 Å². The minimum absolute atomic E-state index is 0.169. The first kappa shape index (κ1) is 15.1. The number of hydrogen-bond donors (Lipinski definition) is 3. The second kappa shape index (κ2) is 6.01. The fourth-order valence-electron chi connectivity index (χ4n) is 1.84. The third-order valence-electron chi connectivity index (χ3n) is 3.12. The Hall–Kier alpha value is -2.28. The number of aromatic nitrogens is 1. The highest BCUT2D eigenvalue weighted by atomic mass is 19.1. The third-order valence-corrected chi connectivity index (χ3v) is 3.12. The van der Waals surface area contributed by atoms with Gasteiger partial charge in [0.15, 0.2) is 23.3 Å². The molecule has 1 aromatic heterocycles. The van der Waals surface area contributed by atoms with Crippen molar-refractivity contribution in [2.75, 3.05) is 10.7 Å². The van der Waals surface area contributed by atoms with Gasteiger partial charge >= 0.3 is 0 Å². The maximum absolute atomic E-state index is 13.7. The number of benzene rings is 1. The lowest BCUT2D eigenvalue weighted by Gasteiger charge is -2.17. The van der Waals surface area contributed by atoms with E-state index in [1.54, 1.807) is 26.0 Å². The number of nitrogen functional groups attached to an aromatic ring is 1. The summed E-state index contributed by atoms with van der Waals surface area (Å²) in [5.74, 6) is 2.55. The molecule has 1 atom stereocenters. The molecule has 2 rings (SSSR count). The number of anilines is 2. The third kappa shape index (κ3) is 3.25. The highest BCUT2D eigenvalue weighted by molar-refractivity contribution is 5.48. The van der Waals surface area contributed by atoms with E-state index in [4.69, 9.17) is 5.84 Å². The molecule has 7 heteroatoms. The van der Waals surface area contributed by atoms with Crippen LogP contribution in [0.4, 0.5) is 24.8 Å². The number of nitrogens with one attached hydrogen (secondary N) is 2. The van der Waals surface area contributed by atoms with E-state index in [-0.39, 0.29) is 17.5 Å². The number of pyridine rings is 1. The Morgan fingerprint density at radius 1 is 1.05 bits per heavy atom. The van der Waals surface area contributed by atoms with Crippen molar-refractivity contribution in [3.63, 3.8) is 0 Å². The predicted molar refractivity (Wildman–Crippen MR) is 75.1 cm³/mol. The van der Waals surface area contributed by atoms with Crippen molar-refractivity contribution in [3.05, 3.63) is 52.8 Å². The molecule has 2 aromatic rings. The molecule has 0 aliphatic carbocycles. The first-order chi connectivity index (χ1) is 9.92. The Labute approximate surface area is 120 Å². The zero-order valence-electron chi connectivity index (χ0n) is 11.5. The number of halogens is 3. The SMILES string of the molecule is Cc1ccc(C(C)Nc2nc(NN)c(F)cc2F)cc1F. The van der Waals surface area contributed by atoms with Crippen molar-refractivity contribution >= 4 is 11.6 Å². The van der Waals surface area contributed by atoms with Gasteiger partial charge in [-0.05, 0) is 31.0 Å². The van der Waals surface area contributed by atoms with Gasteiger partial charge in [0.1, 0.15) is 5.82 Å². The molecule has 1 unspecified atom stereocenters. The van der Waals surface area contributed by atoms with E-state index in [1.165, 1.54) is 6.07 Å². The number of nitrogens with zero attached hydrogens (tertiary/aromatic N) is 1. The van der Waals surface area contributed by atoms with Gasteiger partial charge in [-0.15, -0.1) is 0 Å². The van der Waals surface area contributed by atoms with Crippen molar-refractivity contribution in [2.45, 2.75) is 19.9 Å². The standard InChI is InChI=1S/C14H15F3N4/c1-7-3-4-9(5-10(7)15)8(2)19-13-11(16)6-12(17)14(20-13)21-18/h3-6,8H,18H2,1-2H3,(H2,19,20,21). The summed E-state index contributed by atoms with van der Waals surface area (Å²) >= 11 is 0. The first-order valence-corrected chi connectivity index (χ1v) is 6.27. The quantitative estimate of drug-likeness (QED) is 0.598. The fourth-order valence-corrected chi connectivity index (χ4v) is 1.84. The average molecular weight is 296 g/mol. The van der Waals surface area contributed by atoms with E-state index in [0.29, 0.717) is 17.2 Å². The number of hydrogen-bond acceptors (Lipinski definition) is 4. The topological polar surface area (TPSA) is 63.0 Å². The predicted octanol–water partition coefficient (Wildman–Crippen LogP) is 3.27. The van der Waals surface area contributed by atoms with Gasteiger partial charge in [0, 0.05) is 6.07 Å². The van der Waals surface area contributed by atoms with Crippen molar-refractivity contribution in [1.82, 2.24) is 4.98 Å². The van der Waals surface area contributed by atoms with Crippen LogP contribution < -0.4 is 16.6 Å². The summed E-state index contributed by atoms with van der Waals surface area (Å²) in [6.45, 7) is 3.36. The Morgan fingerprint density at radius 3 is 2.33 bits per heavy atom. The van der Waals surface area contributed by atoms with E-state index < -0.39 is 17.7 Å². The Morgan fingerprint density at radius 2 is 1.71 bits per heavy atom. The van der Waals surface area contributed by atoms with Gasteiger partial charge in [-0.2, -0.15) is 0 Å². The largest absolute Gasteiger partial charge is 0.361 e. The second-order valence-corrected chi connectivity index (χ2v) is 4.67. The van der Waals surface area contributed by atoms with E-state index in [2.05, 4.69) is 10.3 Å². The van der Waals surface area contributed by atoms with Crippen molar-refractivity contribution in [3.8, 4) is 0 Å². The van der Waals surface area contributed by atoms with E-state index in [0.717, 1.165) is 0 Å². The number of hydrazine groups is 1. The monoisotopic (exact) mass is 296 g/mol. The van der Waals surface area contributed by atoms with Crippen LogP contribution in [0.15, 0.2) is 24.3 Å². The summed E-state index contributed by atoms with van der Waals surface area (Å²) < 4.78 is 40.5. The molecule has 112 valence electrons. The van der Waals surface area contributed by atoms with Gasteiger partial charge < -0.3 is 10.7 Å². The fraction of sp³-hybridized carbons (Fsp3) is 0.214. The molecule has 4 nitrogen and oxygen atoms in total. The van der Waals surface area contributed by atoms with Crippen LogP contribution in [0.5, 0.6) is 0 Å². The van der Waals surface area contributed by atoms with E-state index in [9.17, 15) is 13.2 Å². The molecular formula is C14H15F3N4. The lowest BCUT2D eigenvalue weighted by molar-refractivity contribution is 0.576. The first-order valence-electron chi connectivity index (χ1n) is 6.27. The summed E-state index contributed by atoms with van der Waals surface area (Å²) in [5, 5.41) is 2.76. The minimum atomic E-state index is -0.894. The Bertz CT molecular complexity index is 661. The van der Waals surface area contributed by atoms with Gasteiger partial charge in [0.2, 0.25) is 0 Å². The van der Waals surface area contributed by atoms with Gasteiger partial charge in [0.05, 0.1) is 6.04 Å².